The van der Waals surface area contributed by atoms with Crippen molar-refractivity contribution in [2.24, 2.45) is 0 Å². The van der Waals surface area contributed by atoms with Crippen LogP contribution in [0.15, 0.2) is 24.7 Å². The van der Waals surface area contributed by atoms with Crippen LogP contribution in [0.4, 0.5) is 5.69 Å². The van der Waals surface area contributed by atoms with E-state index in [0.717, 1.165) is 37.3 Å². The molecule has 0 atom stereocenters. The molecule has 21 heavy (non-hydrogen) atoms. The van der Waals surface area contributed by atoms with Crippen molar-refractivity contribution in [3.63, 3.8) is 0 Å². The Bertz CT molecular complexity index is 554. The number of amides is 1. The summed E-state index contributed by atoms with van der Waals surface area (Å²) in [4.78, 5) is 20.1. The Labute approximate surface area is 123 Å². The van der Waals surface area contributed by atoms with Crippen LogP contribution in [0.1, 0.15) is 36.1 Å². The average molecular weight is 288 g/mol. The molecule has 2 aromatic rings. The number of aromatic amines is 1. The van der Waals surface area contributed by atoms with Crippen LogP contribution >= 0.6 is 0 Å². The Morgan fingerprint density at radius 3 is 3.00 bits per heavy atom. The number of aromatic nitrogens is 4. The third-order valence-electron chi connectivity index (χ3n) is 2.91. The van der Waals surface area contributed by atoms with E-state index in [4.69, 9.17) is 0 Å². The molecule has 0 radical (unpaired) electrons. The Hall–Kier alpha value is -2.44. The molecule has 0 aliphatic heterocycles. The van der Waals surface area contributed by atoms with E-state index in [1.165, 1.54) is 6.33 Å². The Balaban J connectivity index is 1.77. The highest BCUT2D eigenvalue weighted by Crippen LogP contribution is 2.07. The Morgan fingerprint density at radius 2 is 2.24 bits per heavy atom. The number of aryl methyl sites for hydroxylation is 1. The molecule has 2 heterocycles. The van der Waals surface area contributed by atoms with Crippen LogP contribution in [-0.4, -0.2) is 39.2 Å². The third-order valence-corrected chi connectivity index (χ3v) is 2.91. The van der Waals surface area contributed by atoms with Gasteiger partial charge in [-0.25, -0.2) is 4.98 Å². The summed E-state index contributed by atoms with van der Waals surface area (Å²) in [6, 6.07) is 3.62. The molecule has 2 rings (SSSR count). The van der Waals surface area contributed by atoms with Gasteiger partial charge in [-0.3, -0.25) is 14.9 Å². The molecule has 3 N–H and O–H groups in total. The van der Waals surface area contributed by atoms with Crippen molar-refractivity contribution in [1.29, 1.82) is 0 Å². The molecule has 0 unspecified atom stereocenters. The molecule has 2 aromatic heterocycles. The van der Waals surface area contributed by atoms with Gasteiger partial charge in [0.05, 0.1) is 0 Å². The van der Waals surface area contributed by atoms with Crippen LogP contribution in [0.5, 0.6) is 0 Å². The number of carbonyl (C=O) groups is 1. The maximum atomic E-state index is 12.0. The monoisotopic (exact) mass is 288 g/mol. The molecule has 7 heteroatoms. The van der Waals surface area contributed by atoms with Gasteiger partial charge in [0.15, 0.2) is 0 Å². The van der Waals surface area contributed by atoms with Crippen molar-refractivity contribution in [1.82, 2.24) is 25.5 Å². The summed E-state index contributed by atoms with van der Waals surface area (Å²) >= 11 is 0. The minimum absolute atomic E-state index is 0.160. The van der Waals surface area contributed by atoms with E-state index in [1.807, 2.05) is 6.07 Å². The van der Waals surface area contributed by atoms with Crippen LogP contribution in [0, 0.1) is 0 Å². The van der Waals surface area contributed by atoms with Crippen molar-refractivity contribution in [3.8, 4) is 0 Å². The average Bonchev–Trinajstić information content (AvgIpc) is 3.03. The van der Waals surface area contributed by atoms with Crippen LogP contribution in [0.3, 0.4) is 0 Å². The van der Waals surface area contributed by atoms with E-state index in [0.29, 0.717) is 12.2 Å². The van der Waals surface area contributed by atoms with Gasteiger partial charge < -0.3 is 10.6 Å². The number of nitrogens with zero attached hydrogens (tertiary/aromatic N) is 3. The number of rotatable bonds is 8. The first kappa shape index (κ1) is 15.0. The Kier molecular flexibility index (Phi) is 5.69. The zero-order chi connectivity index (χ0) is 14.9. The maximum Gasteiger partial charge on any atom is 0.269 e. The fourth-order valence-electron chi connectivity index (χ4n) is 1.83. The lowest BCUT2D eigenvalue weighted by Crippen LogP contribution is -2.25. The van der Waals surface area contributed by atoms with Crippen molar-refractivity contribution < 1.29 is 4.79 Å². The summed E-state index contributed by atoms with van der Waals surface area (Å²) in [5.41, 5.74) is 1.34. The normalized spacial score (nSPS) is 10.3. The van der Waals surface area contributed by atoms with Crippen LogP contribution in [-0.2, 0) is 6.42 Å². The molecule has 0 aromatic carbocycles. The van der Waals surface area contributed by atoms with Gasteiger partial charge in [-0.2, -0.15) is 5.10 Å². The number of pyridine rings is 1. The molecule has 0 saturated carbocycles. The first-order chi connectivity index (χ1) is 10.3. The van der Waals surface area contributed by atoms with E-state index < -0.39 is 0 Å². The number of nitrogens with one attached hydrogen (secondary N) is 3. The smallest absolute Gasteiger partial charge is 0.269 e. The van der Waals surface area contributed by atoms with Crippen molar-refractivity contribution >= 4 is 11.6 Å². The van der Waals surface area contributed by atoms with Crippen molar-refractivity contribution in [3.05, 3.63) is 36.2 Å². The molecule has 0 spiro atoms. The van der Waals surface area contributed by atoms with E-state index in [-0.39, 0.29) is 5.91 Å². The Morgan fingerprint density at radius 1 is 1.33 bits per heavy atom. The molecule has 7 nitrogen and oxygen atoms in total. The highest BCUT2D eigenvalue weighted by Gasteiger charge is 2.07. The highest BCUT2D eigenvalue weighted by atomic mass is 16.1. The summed E-state index contributed by atoms with van der Waals surface area (Å²) in [5, 5.41) is 12.7. The quantitative estimate of drug-likeness (QED) is 0.638. The third kappa shape index (κ3) is 4.87. The molecular formula is C14H20N6O. The van der Waals surface area contributed by atoms with Gasteiger partial charge >= 0.3 is 0 Å². The molecular weight excluding hydrogens is 268 g/mol. The lowest BCUT2D eigenvalue weighted by molar-refractivity contribution is 0.0948. The van der Waals surface area contributed by atoms with E-state index in [9.17, 15) is 4.79 Å². The largest absolute Gasteiger partial charge is 0.385 e. The number of hydrogen-bond donors (Lipinski definition) is 3. The number of anilines is 1. The zero-order valence-corrected chi connectivity index (χ0v) is 12.1. The second-order valence-corrected chi connectivity index (χ2v) is 4.65. The standard InChI is InChI=1S/C14H20N6O/c1-2-6-15-11-5-8-16-12(9-11)14(21)17-7-3-4-13-18-10-19-20-13/h5,8-10H,2-4,6-7H2,1H3,(H,15,16)(H,17,21)(H,18,19,20). The van der Waals surface area contributed by atoms with Crippen LogP contribution in [0.25, 0.3) is 0 Å². The highest BCUT2D eigenvalue weighted by molar-refractivity contribution is 5.93. The van der Waals surface area contributed by atoms with Gasteiger partial charge in [0.25, 0.3) is 5.91 Å². The van der Waals surface area contributed by atoms with Crippen molar-refractivity contribution in [2.45, 2.75) is 26.2 Å². The number of H-pyrrole nitrogens is 1. The minimum Gasteiger partial charge on any atom is -0.385 e. The van der Waals surface area contributed by atoms with Crippen molar-refractivity contribution in [2.75, 3.05) is 18.4 Å². The predicted octanol–water partition coefficient (Wildman–Crippen LogP) is 1.38. The van der Waals surface area contributed by atoms with E-state index in [1.54, 1.807) is 12.3 Å². The van der Waals surface area contributed by atoms with E-state index in [2.05, 4.69) is 37.7 Å². The second kappa shape index (κ2) is 7.98. The molecule has 0 aliphatic rings. The SMILES string of the molecule is CCCNc1ccnc(C(=O)NCCCc2ncn[nH]2)c1. The minimum atomic E-state index is -0.160. The van der Waals surface area contributed by atoms with Gasteiger partial charge in [0, 0.05) is 31.4 Å². The molecule has 0 fully saturated rings. The molecule has 1 amide bonds. The van der Waals surface area contributed by atoms with Gasteiger partial charge in [-0.1, -0.05) is 6.92 Å². The zero-order valence-electron chi connectivity index (χ0n) is 12.1. The summed E-state index contributed by atoms with van der Waals surface area (Å²) in [6.45, 7) is 3.55. The van der Waals surface area contributed by atoms with Gasteiger partial charge in [-0.15, -0.1) is 0 Å². The fraction of sp³-hybridized carbons (Fsp3) is 0.429. The summed E-state index contributed by atoms with van der Waals surface area (Å²) < 4.78 is 0. The fourth-order valence-corrected chi connectivity index (χ4v) is 1.83. The summed E-state index contributed by atoms with van der Waals surface area (Å²) in [5.74, 6) is 0.667. The van der Waals surface area contributed by atoms with Gasteiger partial charge in [0.2, 0.25) is 0 Å². The van der Waals surface area contributed by atoms with Gasteiger partial charge in [-0.05, 0) is 25.0 Å². The van der Waals surface area contributed by atoms with Crippen LogP contribution in [0.2, 0.25) is 0 Å². The number of hydrogen-bond acceptors (Lipinski definition) is 5. The number of carbonyl (C=O) groups excluding carboxylic acids is 1. The molecule has 0 saturated heterocycles. The summed E-state index contributed by atoms with van der Waals surface area (Å²) in [7, 11) is 0. The van der Waals surface area contributed by atoms with Gasteiger partial charge in [0.1, 0.15) is 17.8 Å². The van der Waals surface area contributed by atoms with E-state index >= 15 is 0 Å². The van der Waals surface area contributed by atoms with Crippen LogP contribution < -0.4 is 10.6 Å². The summed E-state index contributed by atoms with van der Waals surface area (Å²) in [6.07, 6.45) is 5.71. The molecule has 112 valence electrons. The predicted molar refractivity (Wildman–Crippen MR) is 80.1 cm³/mol. The molecule has 0 bridgehead atoms. The lowest BCUT2D eigenvalue weighted by Gasteiger charge is -2.07. The lowest BCUT2D eigenvalue weighted by atomic mass is 10.2. The topological polar surface area (TPSA) is 95.6 Å². The molecule has 0 aliphatic carbocycles. The second-order valence-electron chi connectivity index (χ2n) is 4.65. The maximum absolute atomic E-state index is 12.0. The first-order valence-electron chi connectivity index (χ1n) is 7.12. The first-order valence-corrected chi connectivity index (χ1v) is 7.12.